The molecule has 0 atom stereocenters. The number of aromatic nitrogens is 4. The second-order valence-electron chi connectivity index (χ2n) is 6.09. The first-order chi connectivity index (χ1) is 13.7. The molecule has 8 nitrogen and oxygen atoms in total. The summed E-state index contributed by atoms with van der Waals surface area (Å²) in [6.45, 7) is 3.28. The van der Waals surface area contributed by atoms with Crippen LogP contribution in [0.3, 0.4) is 0 Å². The van der Waals surface area contributed by atoms with Gasteiger partial charge in [0.05, 0.1) is 19.9 Å². The van der Waals surface area contributed by atoms with Gasteiger partial charge in [0.15, 0.2) is 22.5 Å². The maximum atomic E-state index is 5.42. The summed E-state index contributed by atoms with van der Waals surface area (Å²) in [5.74, 6) is 3.55. The van der Waals surface area contributed by atoms with Gasteiger partial charge in [-0.2, -0.15) is 0 Å². The molecule has 0 N–H and O–H groups in total. The Bertz CT molecular complexity index is 909. The SMILES string of the molecule is COCCCn1c(SCc2cc(C)on2)nnc1-c1ccc(OC)c(OC)c1. The third-order valence-corrected chi connectivity index (χ3v) is 5.12. The van der Waals surface area contributed by atoms with Crippen LogP contribution in [0.4, 0.5) is 0 Å². The largest absolute Gasteiger partial charge is 0.493 e. The van der Waals surface area contributed by atoms with Gasteiger partial charge < -0.3 is 23.3 Å². The molecule has 0 fully saturated rings. The molecule has 0 amide bonds. The summed E-state index contributed by atoms with van der Waals surface area (Å²) in [6, 6.07) is 7.65. The van der Waals surface area contributed by atoms with Crippen molar-refractivity contribution in [3.05, 3.63) is 35.7 Å². The van der Waals surface area contributed by atoms with Gasteiger partial charge in [0.2, 0.25) is 0 Å². The number of ether oxygens (including phenoxy) is 3. The zero-order valence-electron chi connectivity index (χ0n) is 16.5. The van der Waals surface area contributed by atoms with E-state index in [4.69, 9.17) is 18.7 Å². The fourth-order valence-electron chi connectivity index (χ4n) is 2.78. The van der Waals surface area contributed by atoms with Crippen LogP contribution in [0.15, 0.2) is 33.9 Å². The summed E-state index contributed by atoms with van der Waals surface area (Å²) in [4.78, 5) is 0. The van der Waals surface area contributed by atoms with Crippen LogP contribution in [0.1, 0.15) is 17.9 Å². The molecule has 150 valence electrons. The number of hydrogen-bond acceptors (Lipinski definition) is 8. The first-order valence-electron chi connectivity index (χ1n) is 8.85. The Morgan fingerprint density at radius 1 is 1.07 bits per heavy atom. The highest BCUT2D eigenvalue weighted by atomic mass is 32.2. The highest BCUT2D eigenvalue weighted by Crippen LogP contribution is 2.33. The summed E-state index contributed by atoms with van der Waals surface area (Å²) >= 11 is 1.57. The number of rotatable bonds is 10. The van der Waals surface area contributed by atoms with Crippen molar-refractivity contribution in [2.24, 2.45) is 0 Å². The molecule has 2 aromatic heterocycles. The van der Waals surface area contributed by atoms with Crippen LogP contribution in [0.25, 0.3) is 11.4 Å². The summed E-state index contributed by atoms with van der Waals surface area (Å²) in [5, 5.41) is 13.7. The van der Waals surface area contributed by atoms with Crippen LogP contribution >= 0.6 is 11.8 Å². The van der Waals surface area contributed by atoms with Crippen molar-refractivity contribution in [2.75, 3.05) is 27.9 Å². The summed E-state index contributed by atoms with van der Waals surface area (Å²) in [5.41, 5.74) is 1.79. The molecule has 9 heteroatoms. The van der Waals surface area contributed by atoms with Crippen LogP contribution in [0.2, 0.25) is 0 Å². The Hall–Kier alpha value is -2.52. The van der Waals surface area contributed by atoms with Crippen molar-refractivity contribution in [3.63, 3.8) is 0 Å². The van der Waals surface area contributed by atoms with Crippen molar-refractivity contribution >= 4 is 11.8 Å². The van der Waals surface area contributed by atoms with E-state index in [1.54, 1.807) is 33.1 Å². The van der Waals surface area contributed by atoms with E-state index in [1.165, 1.54) is 0 Å². The van der Waals surface area contributed by atoms with E-state index in [0.29, 0.717) is 23.9 Å². The van der Waals surface area contributed by atoms with E-state index in [0.717, 1.165) is 41.0 Å². The number of thioether (sulfide) groups is 1. The van der Waals surface area contributed by atoms with Gasteiger partial charge in [-0.3, -0.25) is 0 Å². The Balaban J connectivity index is 1.88. The van der Waals surface area contributed by atoms with Crippen LogP contribution in [-0.4, -0.2) is 47.9 Å². The number of methoxy groups -OCH3 is 3. The summed E-state index contributed by atoms with van der Waals surface area (Å²) in [6.07, 6.45) is 0.853. The molecule has 0 spiro atoms. The highest BCUT2D eigenvalue weighted by molar-refractivity contribution is 7.98. The first kappa shape index (κ1) is 20.2. The molecule has 0 saturated carbocycles. The smallest absolute Gasteiger partial charge is 0.191 e. The fourth-order valence-corrected chi connectivity index (χ4v) is 3.62. The van der Waals surface area contributed by atoms with E-state index in [9.17, 15) is 0 Å². The number of aryl methyl sites for hydroxylation is 1. The summed E-state index contributed by atoms with van der Waals surface area (Å²) < 4.78 is 23.2. The lowest BCUT2D eigenvalue weighted by Crippen LogP contribution is -2.05. The van der Waals surface area contributed by atoms with E-state index in [1.807, 2.05) is 31.2 Å². The van der Waals surface area contributed by atoms with Crippen molar-refractivity contribution in [3.8, 4) is 22.9 Å². The average molecular weight is 404 g/mol. The quantitative estimate of drug-likeness (QED) is 0.374. The molecule has 0 aliphatic heterocycles. The Morgan fingerprint density at radius 3 is 2.57 bits per heavy atom. The maximum Gasteiger partial charge on any atom is 0.191 e. The maximum absolute atomic E-state index is 5.42. The van der Waals surface area contributed by atoms with Gasteiger partial charge in [-0.15, -0.1) is 10.2 Å². The molecule has 0 bridgehead atoms. The minimum absolute atomic E-state index is 0.652. The minimum Gasteiger partial charge on any atom is -0.493 e. The molecule has 0 aliphatic carbocycles. The van der Waals surface area contributed by atoms with E-state index >= 15 is 0 Å². The third kappa shape index (κ3) is 4.66. The van der Waals surface area contributed by atoms with Gasteiger partial charge in [-0.1, -0.05) is 16.9 Å². The van der Waals surface area contributed by atoms with Crippen LogP contribution in [0.5, 0.6) is 11.5 Å². The average Bonchev–Trinajstić information content (AvgIpc) is 3.32. The van der Waals surface area contributed by atoms with Gasteiger partial charge in [0.1, 0.15) is 5.76 Å². The first-order valence-corrected chi connectivity index (χ1v) is 9.84. The molecule has 3 rings (SSSR count). The van der Waals surface area contributed by atoms with E-state index in [2.05, 4.69) is 19.9 Å². The Labute approximate surface area is 168 Å². The second-order valence-corrected chi connectivity index (χ2v) is 7.03. The Kier molecular flexibility index (Phi) is 6.94. The monoisotopic (exact) mass is 404 g/mol. The fraction of sp³-hybridized carbons (Fsp3) is 0.421. The van der Waals surface area contributed by atoms with Gasteiger partial charge in [0, 0.05) is 37.6 Å². The third-order valence-electron chi connectivity index (χ3n) is 4.11. The lowest BCUT2D eigenvalue weighted by molar-refractivity contribution is 0.189. The topological polar surface area (TPSA) is 84.4 Å². The van der Waals surface area contributed by atoms with Gasteiger partial charge >= 0.3 is 0 Å². The Morgan fingerprint density at radius 2 is 1.89 bits per heavy atom. The van der Waals surface area contributed by atoms with Crippen molar-refractivity contribution in [1.82, 2.24) is 19.9 Å². The molecule has 0 aliphatic rings. The van der Waals surface area contributed by atoms with Crippen molar-refractivity contribution < 1.29 is 18.7 Å². The highest BCUT2D eigenvalue weighted by Gasteiger charge is 2.17. The van der Waals surface area contributed by atoms with Gasteiger partial charge in [0.25, 0.3) is 0 Å². The molecule has 0 radical (unpaired) electrons. The molecular weight excluding hydrogens is 380 g/mol. The van der Waals surface area contributed by atoms with E-state index < -0.39 is 0 Å². The summed E-state index contributed by atoms with van der Waals surface area (Å²) in [7, 11) is 4.93. The zero-order chi connectivity index (χ0) is 19.9. The predicted molar refractivity (Wildman–Crippen MR) is 106 cm³/mol. The molecule has 0 saturated heterocycles. The van der Waals surface area contributed by atoms with Gasteiger partial charge in [-0.05, 0) is 31.5 Å². The standard InChI is InChI=1S/C19H24N4O4S/c1-13-10-15(22-27-13)12-28-19-21-20-18(23(19)8-5-9-24-2)14-6-7-16(25-3)17(11-14)26-4/h6-7,10-11H,5,8-9,12H2,1-4H3. The number of benzene rings is 1. The van der Waals surface area contributed by atoms with Crippen molar-refractivity contribution in [1.29, 1.82) is 0 Å². The molecular formula is C19H24N4O4S. The van der Waals surface area contributed by atoms with Gasteiger partial charge in [-0.25, -0.2) is 0 Å². The zero-order valence-corrected chi connectivity index (χ0v) is 17.3. The minimum atomic E-state index is 0.652. The van der Waals surface area contributed by atoms with Crippen molar-refractivity contribution in [2.45, 2.75) is 30.8 Å². The second kappa shape index (κ2) is 9.61. The van der Waals surface area contributed by atoms with E-state index in [-0.39, 0.29) is 0 Å². The van der Waals surface area contributed by atoms with Crippen LogP contribution < -0.4 is 9.47 Å². The molecule has 2 heterocycles. The normalized spacial score (nSPS) is 11.0. The molecule has 28 heavy (non-hydrogen) atoms. The number of hydrogen-bond donors (Lipinski definition) is 0. The number of nitrogens with zero attached hydrogens (tertiary/aromatic N) is 4. The molecule has 1 aromatic carbocycles. The lowest BCUT2D eigenvalue weighted by Gasteiger charge is -2.12. The van der Waals surface area contributed by atoms with Crippen LogP contribution in [0, 0.1) is 6.92 Å². The van der Waals surface area contributed by atoms with Crippen LogP contribution in [-0.2, 0) is 17.0 Å². The predicted octanol–water partition coefficient (Wildman–Crippen LogP) is 3.59. The lowest BCUT2D eigenvalue weighted by atomic mass is 10.2. The molecule has 0 unspecified atom stereocenters. The molecule has 3 aromatic rings.